The molecule has 0 aliphatic heterocycles. The summed E-state index contributed by atoms with van der Waals surface area (Å²) in [6.07, 6.45) is 3.81. The minimum Gasteiger partial charge on any atom is -0.330 e. The molecular weight excluding hydrogens is 162 g/mol. The highest BCUT2D eigenvalue weighted by molar-refractivity contribution is 5.81. The van der Waals surface area contributed by atoms with Crippen LogP contribution in [0.2, 0.25) is 0 Å². The minimum atomic E-state index is 0.0978. The molecule has 0 radical (unpaired) electrons. The van der Waals surface area contributed by atoms with Gasteiger partial charge >= 0.3 is 0 Å². The first-order chi connectivity index (χ1) is 6.19. The topological polar surface area (TPSA) is 43.1 Å². The van der Waals surface area contributed by atoms with Gasteiger partial charge in [-0.25, -0.2) is 0 Å². The molecule has 0 aromatic rings. The Labute approximate surface area is 81.9 Å². The van der Waals surface area contributed by atoms with Gasteiger partial charge in [-0.3, -0.25) is 4.79 Å². The second-order valence-electron chi connectivity index (χ2n) is 3.69. The van der Waals surface area contributed by atoms with E-state index in [0.717, 1.165) is 25.7 Å². The van der Waals surface area contributed by atoms with Gasteiger partial charge in [0.1, 0.15) is 5.78 Å². The molecule has 0 saturated heterocycles. The van der Waals surface area contributed by atoms with Gasteiger partial charge in [0.25, 0.3) is 0 Å². The Morgan fingerprint density at radius 2 is 1.69 bits per heavy atom. The molecule has 2 heteroatoms. The third-order valence-electron chi connectivity index (χ3n) is 2.88. The third-order valence-corrected chi connectivity index (χ3v) is 2.88. The van der Waals surface area contributed by atoms with Crippen LogP contribution in [0.5, 0.6) is 0 Å². The summed E-state index contributed by atoms with van der Waals surface area (Å²) in [4.78, 5) is 11.7. The van der Waals surface area contributed by atoms with Crippen molar-refractivity contribution < 1.29 is 4.79 Å². The van der Waals surface area contributed by atoms with E-state index in [1.54, 1.807) is 0 Å². The van der Waals surface area contributed by atoms with E-state index in [9.17, 15) is 4.79 Å². The zero-order valence-corrected chi connectivity index (χ0v) is 9.18. The molecule has 0 heterocycles. The second-order valence-corrected chi connectivity index (χ2v) is 3.69. The van der Waals surface area contributed by atoms with Gasteiger partial charge in [0.2, 0.25) is 0 Å². The predicted octanol–water partition coefficient (Wildman–Crippen LogP) is 2.37. The van der Waals surface area contributed by atoms with Crippen LogP contribution in [0.25, 0.3) is 0 Å². The summed E-state index contributed by atoms with van der Waals surface area (Å²) in [5, 5.41) is 0. The average molecular weight is 185 g/mol. The van der Waals surface area contributed by atoms with Crippen LogP contribution in [-0.2, 0) is 4.79 Å². The molecule has 0 fully saturated rings. The zero-order valence-electron chi connectivity index (χ0n) is 9.18. The number of nitrogens with two attached hydrogens (primary N) is 1. The molecule has 0 saturated carbocycles. The van der Waals surface area contributed by atoms with E-state index in [0.29, 0.717) is 18.2 Å². The lowest BCUT2D eigenvalue weighted by Gasteiger charge is -2.15. The SMILES string of the molecule is CCC(CC)CC(=O)C(CC)CN. The standard InChI is InChI=1S/C11H23NO/c1-4-9(5-2)7-11(13)10(6-3)8-12/h9-10H,4-8,12H2,1-3H3. The maximum Gasteiger partial charge on any atom is 0.137 e. The largest absolute Gasteiger partial charge is 0.330 e. The van der Waals surface area contributed by atoms with Gasteiger partial charge < -0.3 is 5.73 Å². The summed E-state index contributed by atoms with van der Waals surface area (Å²) >= 11 is 0. The minimum absolute atomic E-state index is 0.0978. The van der Waals surface area contributed by atoms with Crippen LogP contribution in [0.4, 0.5) is 0 Å². The molecule has 0 aromatic heterocycles. The van der Waals surface area contributed by atoms with E-state index in [-0.39, 0.29) is 5.92 Å². The Morgan fingerprint density at radius 1 is 1.15 bits per heavy atom. The Hall–Kier alpha value is -0.370. The molecule has 0 bridgehead atoms. The van der Waals surface area contributed by atoms with Crippen molar-refractivity contribution in [2.24, 2.45) is 17.6 Å². The fourth-order valence-corrected chi connectivity index (χ4v) is 1.55. The number of Topliss-reactive ketones (excluding diaryl/α,β-unsaturated/α-hetero) is 1. The predicted molar refractivity (Wildman–Crippen MR) is 56.5 cm³/mol. The number of ketones is 1. The first-order valence-corrected chi connectivity index (χ1v) is 5.42. The van der Waals surface area contributed by atoms with Crippen molar-refractivity contribution in [3.05, 3.63) is 0 Å². The third kappa shape index (κ3) is 4.41. The molecule has 1 atom stereocenters. The van der Waals surface area contributed by atoms with Gasteiger partial charge in [0, 0.05) is 18.9 Å². The molecule has 2 nitrogen and oxygen atoms in total. The summed E-state index contributed by atoms with van der Waals surface area (Å²) in [5.74, 6) is 1.02. The molecule has 2 N–H and O–H groups in total. The summed E-state index contributed by atoms with van der Waals surface area (Å²) in [5.41, 5.74) is 5.52. The van der Waals surface area contributed by atoms with Gasteiger partial charge in [-0.2, -0.15) is 0 Å². The number of carbonyl (C=O) groups is 1. The van der Waals surface area contributed by atoms with Crippen molar-refractivity contribution >= 4 is 5.78 Å². The second kappa shape index (κ2) is 7.07. The van der Waals surface area contributed by atoms with E-state index in [1.807, 2.05) is 6.92 Å². The van der Waals surface area contributed by atoms with Gasteiger partial charge in [-0.15, -0.1) is 0 Å². The van der Waals surface area contributed by atoms with Gasteiger partial charge in [-0.05, 0) is 12.3 Å². The lowest BCUT2D eigenvalue weighted by atomic mass is 9.90. The summed E-state index contributed by atoms with van der Waals surface area (Å²) in [7, 11) is 0. The zero-order chi connectivity index (χ0) is 10.3. The van der Waals surface area contributed by atoms with Crippen LogP contribution in [-0.4, -0.2) is 12.3 Å². The lowest BCUT2D eigenvalue weighted by Crippen LogP contribution is -2.24. The van der Waals surface area contributed by atoms with E-state index in [2.05, 4.69) is 13.8 Å². The fourth-order valence-electron chi connectivity index (χ4n) is 1.55. The Bertz CT molecular complexity index is 137. The monoisotopic (exact) mass is 185 g/mol. The number of carbonyl (C=O) groups excluding carboxylic acids is 1. The van der Waals surface area contributed by atoms with Crippen molar-refractivity contribution in [3.63, 3.8) is 0 Å². The normalized spacial score (nSPS) is 13.3. The molecule has 0 aliphatic rings. The van der Waals surface area contributed by atoms with Crippen LogP contribution >= 0.6 is 0 Å². The van der Waals surface area contributed by atoms with E-state index in [1.165, 1.54) is 0 Å². The molecule has 0 rings (SSSR count). The summed E-state index contributed by atoms with van der Waals surface area (Å²) in [6.45, 7) is 6.83. The van der Waals surface area contributed by atoms with Crippen molar-refractivity contribution in [3.8, 4) is 0 Å². The van der Waals surface area contributed by atoms with Gasteiger partial charge in [0.15, 0.2) is 0 Å². The average Bonchev–Trinajstić information content (AvgIpc) is 2.16. The number of rotatable bonds is 7. The van der Waals surface area contributed by atoms with Crippen molar-refractivity contribution in [2.75, 3.05) is 6.54 Å². The highest BCUT2D eigenvalue weighted by Gasteiger charge is 2.17. The smallest absolute Gasteiger partial charge is 0.137 e. The van der Waals surface area contributed by atoms with E-state index < -0.39 is 0 Å². The van der Waals surface area contributed by atoms with Crippen molar-refractivity contribution in [2.45, 2.75) is 46.5 Å². The van der Waals surface area contributed by atoms with Crippen LogP contribution in [0, 0.1) is 11.8 Å². The van der Waals surface area contributed by atoms with Gasteiger partial charge in [0.05, 0.1) is 0 Å². The van der Waals surface area contributed by atoms with Crippen molar-refractivity contribution in [1.82, 2.24) is 0 Å². The van der Waals surface area contributed by atoms with Gasteiger partial charge in [-0.1, -0.05) is 33.6 Å². The highest BCUT2D eigenvalue weighted by atomic mass is 16.1. The summed E-state index contributed by atoms with van der Waals surface area (Å²) < 4.78 is 0. The van der Waals surface area contributed by atoms with Crippen LogP contribution < -0.4 is 5.73 Å². The van der Waals surface area contributed by atoms with Crippen molar-refractivity contribution in [1.29, 1.82) is 0 Å². The van der Waals surface area contributed by atoms with Crippen LogP contribution in [0.15, 0.2) is 0 Å². The lowest BCUT2D eigenvalue weighted by molar-refractivity contribution is -0.123. The molecule has 13 heavy (non-hydrogen) atoms. The molecule has 0 spiro atoms. The molecule has 0 aromatic carbocycles. The maximum atomic E-state index is 11.7. The fraction of sp³-hybridized carbons (Fsp3) is 0.909. The number of hydrogen-bond acceptors (Lipinski definition) is 2. The first-order valence-electron chi connectivity index (χ1n) is 5.42. The quantitative estimate of drug-likeness (QED) is 0.661. The van der Waals surface area contributed by atoms with E-state index in [4.69, 9.17) is 5.73 Å². The Kier molecular flexibility index (Phi) is 6.87. The summed E-state index contributed by atoms with van der Waals surface area (Å²) in [6, 6.07) is 0. The van der Waals surface area contributed by atoms with Crippen LogP contribution in [0.3, 0.4) is 0 Å². The molecule has 0 aliphatic carbocycles. The Balaban J connectivity index is 3.95. The highest BCUT2D eigenvalue weighted by Crippen LogP contribution is 2.16. The Morgan fingerprint density at radius 3 is 2.00 bits per heavy atom. The first kappa shape index (κ1) is 12.6. The number of hydrogen-bond donors (Lipinski definition) is 1. The molecule has 78 valence electrons. The van der Waals surface area contributed by atoms with Crippen LogP contribution in [0.1, 0.15) is 46.5 Å². The molecule has 1 unspecified atom stereocenters. The molecular formula is C11H23NO. The molecule has 0 amide bonds. The maximum absolute atomic E-state index is 11.7. The van der Waals surface area contributed by atoms with E-state index >= 15 is 0 Å².